The summed E-state index contributed by atoms with van der Waals surface area (Å²) in [6.07, 6.45) is -0.407. The van der Waals surface area contributed by atoms with Gasteiger partial charge >= 0.3 is 0 Å². The number of methoxy groups -OCH3 is 1. The van der Waals surface area contributed by atoms with Crippen molar-refractivity contribution in [2.45, 2.75) is 20.1 Å². The Hall–Kier alpha value is -1.11. The lowest BCUT2D eigenvalue weighted by Crippen LogP contribution is -2.35. The van der Waals surface area contributed by atoms with E-state index >= 15 is 0 Å². The third-order valence-corrected chi connectivity index (χ3v) is 3.08. The normalized spacial score (nSPS) is 10.7. The molecule has 1 heterocycles. The Kier molecular flexibility index (Phi) is 6.70. The highest BCUT2D eigenvalue weighted by molar-refractivity contribution is 7.12. The number of ether oxygens (including phenoxy) is 3. The summed E-state index contributed by atoms with van der Waals surface area (Å²) in [5, 5.41) is 4.59. The minimum Gasteiger partial charge on any atom is -0.495 e. The summed E-state index contributed by atoms with van der Waals surface area (Å²) >= 11 is 1.34. The maximum atomic E-state index is 11.9. The van der Waals surface area contributed by atoms with Gasteiger partial charge in [0.1, 0.15) is 10.6 Å². The number of thiophene rings is 1. The summed E-state index contributed by atoms with van der Waals surface area (Å²) in [6.45, 7) is 5.18. The van der Waals surface area contributed by atoms with Crippen molar-refractivity contribution in [3.05, 3.63) is 16.3 Å². The molecule has 0 saturated carbocycles. The van der Waals surface area contributed by atoms with Gasteiger partial charge in [-0.25, -0.2) is 0 Å². The molecule has 0 unspecified atom stereocenters. The molecule has 18 heavy (non-hydrogen) atoms. The van der Waals surface area contributed by atoms with E-state index < -0.39 is 6.29 Å². The predicted octanol–water partition coefficient (Wildman–Crippen LogP) is 1.89. The molecule has 1 rings (SSSR count). The first-order chi connectivity index (χ1) is 8.72. The molecule has 1 N–H and O–H groups in total. The number of carbonyl (C=O) groups is 1. The largest absolute Gasteiger partial charge is 0.495 e. The molecule has 0 spiro atoms. The van der Waals surface area contributed by atoms with Crippen LogP contribution in [0.15, 0.2) is 11.4 Å². The molecule has 6 heteroatoms. The van der Waals surface area contributed by atoms with Crippen LogP contribution in [0.5, 0.6) is 5.75 Å². The van der Waals surface area contributed by atoms with Gasteiger partial charge < -0.3 is 19.5 Å². The number of carbonyl (C=O) groups excluding carboxylic acids is 1. The molecular weight excluding hydrogens is 254 g/mol. The first-order valence-electron chi connectivity index (χ1n) is 5.85. The van der Waals surface area contributed by atoms with E-state index in [9.17, 15) is 4.79 Å². The van der Waals surface area contributed by atoms with Crippen LogP contribution in [0.1, 0.15) is 23.5 Å². The molecule has 0 radical (unpaired) electrons. The number of rotatable bonds is 8. The van der Waals surface area contributed by atoms with Crippen LogP contribution in [-0.2, 0) is 9.47 Å². The van der Waals surface area contributed by atoms with Gasteiger partial charge in [-0.3, -0.25) is 4.79 Å². The smallest absolute Gasteiger partial charge is 0.265 e. The van der Waals surface area contributed by atoms with E-state index in [1.54, 1.807) is 13.2 Å². The van der Waals surface area contributed by atoms with Gasteiger partial charge in [0, 0.05) is 13.2 Å². The number of amides is 1. The molecule has 0 aliphatic carbocycles. The highest BCUT2D eigenvalue weighted by Crippen LogP contribution is 2.23. The minimum absolute atomic E-state index is 0.175. The molecule has 0 fully saturated rings. The average Bonchev–Trinajstić information content (AvgIpc) is 2.84. The van der Waals surface area contributed by atoms with E-state index in [0.717, 1.165) is 0 Å². The van der Waals surface area contributed by atoms with Gasteiger partial charge in [0.15, 0.2) is 6.29 Å². The van der Waals surface area contributed by atoms with Crippen LogP contribution < -0.4 is 10.1 Å². The third kappa shape index (κ3) is 4.29. The Morgan fingerprint density at radius 1 is 1.39 bits per heavy atom. The second kappa shape index (κ2) is 8.07. The first kappa shape index (κ1) is 14.9. The number of hydrogen-bond acceptors (Lipinski definition) is 5. The van der Waals surface area contributed by atoms with E-state index in [2.05, 4.69) is 5.32 Å². The first-order valence-corrected chi connectivity index (χ1v) is 6.73. The van der Waals surface area contributed by atoms with Crippen molar-refractivity contribution < 1.29 is 19.0 Å². The Labute approximate surface area is 111 Å². The molecule has 0 aliphatic rings. The van der Waals surface area contributed by atoms with Crippen molar-refractivity contribution in [2.75, 3.05) is 26.9 Å². The lowest BCUT2D eigenvalue weighted by atomic mass is 10.4. The molecule has 5 nitrogen and oxygen atoms in total. The molecule has 1 amide bonds. The Bertz CT molecular complexity index is 361. The highest BCUT2D eigenvalue weighted by Gasteiger charge is 2.16. The summed E-state index contributed by atoms with van der Waals surface area (Å²) in [5.74, 6) is 0.410. The van der Waals surface area contributed by atoms with Crippen LogP contribution in [0.4, 0.5) is 0 Å². The summed E-state index contributed by atoms with van der Waals surface area (Å²) in [4.78, 5) is 12.5. The summed E-state index contributed by atoms with van der Waals surface area (Å²) < 4.78 is 15.8. The van der Waals surface area contributed by atoms with Gasteiger partial charge in [0.25, 0.3) is 5.91 Å². The van der Waals surface area contributed by atoms with Crippen LogP contribution in [-0.4, -0.2) is 39.1 Å². The van der Waals surface area contributed by atoms with Gasteiger partial charge in [-0.15, -0.1) is 11.3 Å². The zero-order chi connectivity index (χ0) is 13.4. The summed E-state index contributed by atoms with van der Waals surface area (Å²) in [6, 6.07) is 1.77. The quantitative estimate of drug-likeness (QED) is 0.735. The molecule has 1 aromatic rings. The lowest BCUT2D eigenvalue weighted by molar-refractivity contribution is -0.131. The van der Waals surface area contributed by atoms with Crippen LogP contribution in [0.2, 0.25) is 0 Å². The maximum Gasteiger partial charge on any atom is 0.265 e. The fourth-order valence-electron chi connectivity index (χ4n) is 1.42. The summed E-state index contributed by atoms with van der Waals surface area (Å²) in [7, 11) is 1.54. The van der Waals surface area contributed by atoms with Crippen molar-refractivity contribution >= 4 is 17.2 Å². The minimum atomic E-state index is -0.407. The van der Waals surface area contributed by atoms with E-state index in [0.29, 0.717) is 30.4 Å². The topological polar surface area (TPSA) is 56.8 Å². The number of nitrogens with one attached hydrogen (secondary N) is 1. The molecule has 0 saturated heterocycles. The Morgan fingerprint density at radius 3 is 2.61 bits per heavy atom. The standard InChI is InChI=1S/C12H19NO4S/c1-4-16-10(17-5-2)8-13-12(14)11-9(15-3)6-7-18-11/h6-7,10H,4-5,8H2,1-3H3,(H,13,14). The van der Waals surface area contributed by atoms with Crippen LogP contribution in [0.3, 0.4) is 0 Å². The van der Waals surface area contributed by atoms with Crippen LogP contribution >= 0.6 is 11.3 Å². The van der Waals surface area contributed by atoms with Gasteiger partial charge in [0.2, 0.25) is 0 Å². The predicted molar refractivity (Wildman–Crippen MR) is 70.2 cm³/mol. The third-order valence-electron chi connectivity index (χ3n) is 2.19. The zero-order valence-corrected chi connectivity index (χ0v) is 11.7. The van der Waals surface area contributed by atoms with Crippen molar-refractivity contribution in [3.8, 4) is 5.75 Å². The monoisotopic (exact) mass is 273 g/mol. The molecular formula is C12H19NO4S. The van der Waals surface area contributed by atoms with Crippen LogP contribution in [0.25, 0.3) is 0 Å². The zero-order valence-electron chi connectivity index (χ0n) is 10.9. The Morgan fingerprint density at radius 2 is 2.06 bits per heavy atom. The molecule has 102 valence electrons. The van der Waals surface area contributed by atoms with Crippen molar-refractivity contribution in [1.82, 2.24) is 5.32 Å². The van der Waals surface area contributed by atoms with Gasteiger partial charge in [-0.05, 0) is 25.3 Å². The fraction of sp³-hybridized carbons (Fsp3) is 0.583. The Balaban J connectivity index is 2.49. The fourth-order valence-corrected chi connectivity index (χ4v) is 2.19. The summed E-state index contributed by atoms with van der Waals surface area (Å²) in [5.41, 5.74) is 0. The van der Waals surface area contributed by atoms with Gasteiger partial charge in [0.05, 0.1) is 13.7 Å². The number of hydrogen-bond donors (Lipinski definition) is 1. The van der Waals surface area contributed by atoms with Crippen molar-refractivity contribution in [1.29, 1.82) is 0 Å². The molecule has 0 atom stereocenters. The molecule has 1 aromatic heterocycles. The van der Waals surface area contributed by atoms with E-state index in [-0.39, 0.29) is 5.91 Å². The van der Waals surface area contributed by atoms with Crippen molar-refractivity contribution in [2.24, 2.45) is 0 Å². The molecule has 0 bridgehead atoms. The second-order valence-corrected chi connectivity index (χ2v) is 4.28. The van der Waals surface area contributed by atoms with Crippen LogP contribution in [0, 0.1) is 0 Å². The van der Waals surface area contributed by atoms with E-state index in [1.807, 2.05) is 19.2 Å². The SMILES string of the molecule is CCOC(CNC(=O)c1sccc1OC)OCC. The van der Waals surface area contributed by atoms with Gasteiger partial charge in [-0.1, -0.05) is 0 Å². The van der Waals surface area contributed by atoms with E-state index in [4.69, 9.17) is 14.2 Å². The highest BCUT2D eigenvalue weighted by atomic mass is 32.1. The molecule has 0 aromatic carbocycles. The maximum absolute atomic E-state index is 11.9. The van der Waals surface area contributed by atoms with Crippen molar-refractivity contribution in [3.63, 3.8) is 0 Å². The second-order valence-electron chi connectivity index (χ2n) is 3.37. The van der Waals surface area contributed by atoms with Gasteiger partial charge in [-0.2, -0.15) is 0 Å². The van der Waals surface area contributed by atoms with E-state index in [1.165, 1.54) is 11.3 Å². The molecule has 0 aliphatic heterocycles. The lowest BCUT2D eigenvalue weighted by Gasteiger charge is -2.17. The average molecular weight is 273 g/mol.